The van der Waals surface area contributed by atoms with Crippen LogP contribution in [0.3, 0.4) is 0 Å². The molecule has 2 saturated carbocycles. The van der Waals surface area contributed by atoms with Crippen LogP contribution in [0.2, 0.25) is 0 Å². The van der Waals surface area contributed by atoms with Crippen LogP contribution in [0.5, 0.6) is 0 Å². The second kappa shape index (κ2) is 5.62. The second-order valence-corrected chi connectivity index (χ2v) is 6.53. The molecule has 1 aliphatic heterocycles. The monoisotopic (exact) mass is 281 g/mol. The maximum atomic E-state index is 12.3. The van der Waals surface area contributed by atoms with Gasteiger partial charge in [-0.15, -0.1) is 0 Å². The molecule has 0 aromatic carbocycles. The number of likely N-dealkylation sites (N-methyl/N-ethyl adjacent to an activating group) is 1. The average molecular weight is 281 g/mol. The lowest BCUT2D eigenvalue weighted by atomic mass is 9.92. The molecule has 1 saturated heterocycles. The number of piperazine rings is 1. The van der Waals surface area contributed by atoms with E-state index < -0.39 is 5.54 Å². The Labute approximate surface area is 121 Å². The smallest absolute Gasteiger partial charge is 0.327 e. The Morgan fingerprint density at radius 1 is 1.20 bits per heavy atom. The minimum Gasteiger partial charge on any atom is -0.468 e. The number of carbonyl (C=O) groups is 1. The van der Waals surface area contributed by atoms with Crippen molar-refractivity contribution in [3.05, 3.63) is 0 Å². The highest BCUT2D eigenvalue weighted by Crippen LogP contribution is 2.41. The third-order valence-electron chi connectivity index (χ3n) is 5.21. The lowest BCUT2D eigenvalue weighted by Gasteiger charge is -2.40. The van der Waals surface area contributed by atoms with Gasteiger partial charge in [-0.2, -0.15) is 0 Å². The summed E-state index contributed by atoms with van der Waals surface area (Å²) < 4.78 is 5.08. The fourth-order valence-electron chi connectivity index (χ4n) is 3.58. The van der Waals surface area contributed by atoms with E-state index in [1.54, 1.807) is 0 Å². The number of carbonyl (C=O) groups excluding carboxylic acids is 1. The normalized spacial score (nSPS) is 28.1. The molecule has 5 nitrogen and oxygen atoms in total. The van der Waals surface area contributed by atoms with Crippen LogP contribution >= 0.6 is 0 Å². The van der Waals surface area contributed by atoms with Crippen LogP contribution in [0.4, 0.5) is 0 Å². The van der Waals surface area contributed by atoms with Gasteiger partial charge < -0.3 is 10.1 Å². The van der Waals surface area contributed by atoms with E-state index in [0.29, 0.717) is 5.92 Å². The van der Waals surface area contributed by atoms with Crippen LogP contribution in [0.15, 0.2) is 0 Å². The van der Waals surface area contributed by atoms with Gasteiger partial charge in [-0.25, -0.2) is 4.79 Å². The van der Waals surface area contributed by atoms with Crippen LogP contribution < -0.4 is 5.32 Å². The highest BCUT2D eigenvalue weighted by atomic mass is 16.5. The van der Waals surface area contributed by atoms with Crippen molar-refractivity contribution in [1.29, 1.82) is 0 Å². The van der Waals surface area contributed by atoms with Gasteiger partial charge in [-0.3, -0.25) is 9.80 Å². The molecular weight excluding hydrogens is 254 g/mol. The highest BCUT2D eigenvalue weighted by Gasteiger charge is 2.52. The third kappa shape index (κ3) is 2.71. The van der Waals surface area contributed by atoms with Crippen LogP contribution in [-0.2, 0) is 9.53 Å². The zero-order chi connectivity index (χ0) is 14.2. The maximum absolute atomic E-state index is 12.3. The molecule has 0 aromatic rings. The van der Waals surface area contributed by atoms with E-state index >= 15 is 0 Å². The van der Waals surface area contributed by atoms with Crippen LogP contribution in [0.1, 0.15) is 25.7 Å². The second-order valence-electron chi connectivity index (χ2n) is 6.53. The molecule has 3 rings (SSSR count). The molecule has 3 aliphatic rings. The first-order chi connectivity index (χ1) is 9.69. The first-order valence-electron chi connectivity index (χ1n) is 7.93. The van der Waals surface area contributed by atoms with Gasteiger partial charge in [-0.05, 0) is 38.6 Å². The summed E-state index contributed by atoms with van der Waals surface area (Å²) in [6.45, 7) is 5.24. The fourth-order valence-corrected chi connectivity index (χ4v) is 3.58. The average Bonchev–Trinajstić information content (AvgIpc) is 3.35. The Kier molecular flexibility index (Phi) is 4.02. The number of methoxy groups -OCH3 is 1. The maximum Gasteiger partial charge on any atom is 0.327 e. The molecule has 0 amide bonds. The molecule has 5 heteroatoms. The Morgan fingerprint density at radius 2 is 1.85 bits per heavy atom. The summed E-state index contributed by atoms with van der Waals surface area (Å²) >= 11 is 0. The first-order valence-corrected chi connectivity index (χ1v) is 7.93. The van der Waals surface area contributed by atoms with Crippen molar-refractivity contribution in [3.8, 4) is 0 Å². The van der Waals surface area contributed by atoms with Crippen molar-refractivity contribution in [2.45, 2.75) is 37.3 Å². The topological polar surface area (TPSA) is 44.8 Å². The van der Waals surface area contributed by atoms with Gasteiger partial charge >= 0.3 is 5.97 Å². The van der Waals surface area contributed by atoms with Crippen LogP contribution in [0, 0.1) is 5.92 Å². The van der Waals surface area contributed by atoms with Gasteiger partial charge in [0.15, 0.2) is 0 Å². The molecule has 3 fully saturated rings. The molecule has 1 N–H and O–H groups in total. The molecule has 2 aliphatic carbocycles. The molecule has 1 heterocycles. The minimum atomic E-state index is -0.490. The van der Waals surface area contributed by atoms with Crippen molar-refractivity contribution in [3.63, 3.8) is 0 Å². The van der Waals surface area contributed by atoms with Crippen molar-refractivity contribution in [2.24, 2.45) is 5.92 Å². The van der Waals surface area contributed by atoms with Gasteiger partial charge in [0.1, 0.15) is 5.54 Å². The van der Waals surface area contributed by atoms with Gasteiger partial charge in [0.25, 0.3) is 0 Å². The van der Waals surface area contributed by atoms with Crippen molar-refractivity contribution < 1.29 is 9.53 Å². The summed E-state index contributed by atoms with van der Waals surface area (Å²) in [5, 5.41) is 3.29. The largest absolute Gasteiger partial charge is 0.468 e. The summed E-state index contributed by atoms with van der Waals surface area (Å²) in [5.41, 5.74) is -0.490. The number of ether oxygens (including phenoxy) is 1. The Bertz CT molecular complexity index is 360. The van der Waals surface area contributed by atoms with E-state index in [9.17, 15) is 4.79 Å². The van der Waals surface area contributed by atoms with E-state index in [2.05, 4.69) is 15.1 Å². The van der Waals surface area contributed by atoms with Gasteiger partial charge in [0.05, 0.1) is 7.11 Å². The summed E-state index contributed by atoms with van der Waals surface area (Å²) in [6.07, 6.45) is 5.03. The van der Waals surface area contributed by atoms with E-state index in [1.165, 1.54) is 20.0 Å². The van der Waals surface area contributed by atoms with Crippen LogP contribution in [-0.4, -0.2) is 74.2 Å². The van der Waals surface area contributed by atoms with Crippen molar-refractivity contribution >= 4 is 5.97 Å². The molecule has 1 atom stereocenters. The van der Waals surface area contributed by atoms with Gasteiger partial charge in [0, 0.05) is 38.8 Å². The predicted octanol–water partition coefficient (Wildman–Crippen LogP) is 0.308. The number of rotatable bonds is 6. The molecule has 20 heavy (non-hydrogen) atoms. The van der Waals surface area contributed by atoms with Gasteiger partial charge in [-0.1, -0.05) is 0 Å². The lowest BCUT2D eigenvalue weighted by molar-refractivity contribution is -0.150. The van der Waals surface area contributed by atoms with Crippen molar-refractivity contribution in [1.82, 2.24) is 15.1 Å². The lowest BCUT2D eigenvalue weighted by Crippen LogP contribution is -2.62. The van der Waals surface area contributed by atoms with E-state index in [0.717, 1.165) is 51.6 Å². The SMILES string of the molecule is CNC(CN1CCN(C2CC2)CC1)(C(=O)OC)C1CC1. The molecule has 0 aromatic heterocycles. The zero-order valence-electron chi connectivity index (χ0n) is 12.7. The molecule has 0 radical (unpaired) electrons. The summed E-state index contributed by atoms with van der Waals surface area (Å²) in [7, 11) is 3.40. The van der Waals surface area contributed by atoms with E-state index in [1.807, 2.05) is 7.05 Å². The zero-order valence-corrected chi connectivity index (χ0v) is 12.7. The number of nitrogens with one attached hydrogen (secondary N) is 1. The molecule has 0 spiro atoms. The Morgan fingerprint density at radius 3 is 2.30 bits per heavy atom. The molecule has 0 bridgehead atoms. The number of esters is 1. The molecular formula is C15H27N3O2. The standard InChI is InChI=1S/C15H27N3O2/c1-16-15(12-3-4-12,14(19)20-2)11-17-7-9-18(10-8-17)13-5-6-13/h12-13,16H,3-11H2,1-2H3. The Balaban J connectivity index is 1.60. The highest BCUT2D eigenvalue weighted by molar-refractivity contribution is 5.82. The Hall–Kier alpha value is -0.650. The quantitative estimate of drug-likeness (QED) is 0.710. The van der Waals surface area contributed by atoms with E-state index in [4.69, 9.17) is 4.74 Å². The predicted molar refractivity (Wildman–Crippen MR) is 77.6 cm³/mol. The number of hydrogen-bond acceptors (Lipinski definition) is 5. The summed E-state index contributed by atoms with van der Waals surface area (Å²) in [4.78, 5) is 17.3. The number of nitrogens with zero attached hydrogens (tertiary/aromatic N) is 2. The summed E-state index contributed by atoms with van der Waals surface area (Å²) in [6, 6.07) is 0.857. The molecule has 1 unspecified atom stereocenters. The minimum absolute atomic E-state index is 0.0906. The van der Waals surface area contributed by atoms with Crippen LogP contribution in [0.25, 0.3) is 0 Å². The first kappa shape index (κ1) is 14.3. The third-order valence-corrected chi connectivity index (χ3v) is 5.21. The van der Waals surface area contributed by atoms with Gasteiger partial charge in [0.2, 0.25) is 0 Å². The summed E-state index contributed by atoms with van der Waals surface area (Å²) in [5.74, 6) is 0.355. The molecule has 114 valence electrons. The number of hydrogen-bond donors (Lipinski definition) is 1. The van der Waals surface area contributed by atoms with Crippen molar-refractivity contribution in [2.75, 3.05) is 46.9 Å². The fraction of sp³-hybridized carbons (Fsp3) is 0.933. The van der Waals surface area contributed by atoms with E-state index in [-0.39, 0.29) is 5.97 Å².